The lowest BCUT2D eigenvalue weighted by atomic mass is 10.1. The van der Waals surface area contributed by atoms with Gasteiger partial charge in [0.05, 0.1) is 27.4 Å². The van der Waals surface area contributed by atoms with Crippen molar-refractivity contribution in [2.45, 2.75) is 11.8 Å². The van der Waals surface area contributed by atoms with Crippen molar-refractivity contribution in [1.29, 1.82) is 0 Å². The van der Waals surface area contributed by atoms with Gasteiger partial charge in [-0.3, -0.25) is 4.79 Å². The van der Waals surface area contributed by atoms with Gasteiger partial charge in [0.25, 0.3) is 5.91 Å². The van der Waals surface area contributed by atoms with Gasteiger partial charge in [-0.15, -0.1) is 0 Å². The lowest BCUT2D eigenvalue weighted by molar-refractivity contribution is 0.0729. The van der Waals surface area contributed by atoms with E-state index in [1.165, 1.54) is 23.5 Å². The molecule has 0 saturated carbocycles. The van der Waals surface area contributed by atoms with Crippen LogP contribution >= 0.6 is 0 Å². The van der Waals surface area contributed by atoms with E-state index in [1.54, 1.807) is 31.4 Å². The highest BCUT2D eigenvalue weighted by Crippen LogP contribution is 2.30. The van der Waals surface area contributed by atoms with Gasteiger partial charge in [0.15, 0.2) is 0 Å². The fraction of sp³-hybridized carbons (Fsp3) is 0.350. The number of aryl methyl sites for hydroxylation is 1. The lowest BCUT2D eigenvalue weighted by Crippen LogP contribution is -2.40. The van der Waals surface area contributed by atoms with Crippen molar-refractivity contribution < 1.29 is 27.4 Å². The molecule has 0 aromatic heterocycles. The fourth-order valence-electron chi connectivity index (χ4n) is 3.11. The summed E-state index contributed by atoms with van der Waals surface area (Å²) in [4.78, 5) is 12.6. The van der Waals surface area contributed by atoms with Crippen LogP contribution < -0.4 is 14.8 Å². The molecule has 1 amide bonds. The maximum absolute atomic E-state index is 13.1. The maximum Gasteiger partial charge on any atom is 0.255 e. The number of morpholine rings is 1. The van der Waals surface area contributed by atoms with Gasteiger partial charge in [-0.1, -0.05) is 0 Å². The molecular formula is C20H24N2O6S. The molecule has 0 aliphatic carbocycles. The van der Waals surface area contributed by atoms with Gasteiger partial charge in [-0.05, 0) is 48.9 Å². The zero-order chi connectivity index (χ0) is 21.0. The zero-order valence-corrected chi connectivity index (χ0v) is 17.4. The number of sulfonamides is 1. The van der Waals surface area contributed by atoms with Gasteiger partial charge in [-0.2, -0.15) is 4.31 Å². The summed E-state index contributed by atoms with van der Waals surface area (Å²) in [5.74, 6) is 0.551. The molecule has 0 spiro atoms. The third-order valence-corrected chi connectivity index (χ3v) is 6.59. The van der Waals surface area contributed by atoms with Crippen LogP contribution in [0.5, 0.6) is 11.5 Å². The zero-order valence-electron chi connectivity index (χ0n) is 16.6. The minimum Gasteiger partial charge on any atom is -0.496 e. The van der Waals surface area contributed by atoms with E-state index in [1.807, 2.05) is 6.92 Å². The van der Waals surface area contributed by atoms with Gasteiger partial charge in [0.1, 0.15) is 16.4 Å². The molecule has 1 N–H and O–H groups in total. The standard InChI is InChI=1S/C20H24N2O6S/c1-14-12-15(4-6-17(14)26-2)20(23)21-16-5-7-18(27-3)19(13-16)29(24,25)22-8-10-28-11-9-22/h4-7,12-13H,8-11H2,1-3H3,(H,21,23). The molecule has 1 heterocycles. The molecule has 0 bridgehead atoms. The number of nitrogens with zero attached hydrogens (tertiary/aromatic N) is 1. The van der Waals surface area contributed by atoms with Crippen LogP contribution in [0.3, 0.4) is 0 Å². The number of ether oxygens (including phenoxy) is 3. The van der Waals surface area contributed by atoms with Crippen LogP contribution in [0.25, 0.3) is 0 Å². The summed E-state index contributed by atoms with van der Waals surface area (Å²) in [6.45, 7) is 3.07. The molecule has 9 heteroatoms. The molecule has 2 aromatic rings. The number of rotatable bonds is 6. The Balaban J connectivity index is 1.88. The smallest absolute Gasteiger partial charge is 0.255 e. The van der Waals surface area contributed by atoms with Crippen molar-refractivity contribution in [1.82, 2.24) is 4.31 Å². The number of hydrogen-bond acceptors (Lipinski definition) is 6. The van der Waals surface area contributed by atoms with E-state index >= 15 is 0 Å². The Bertz CT molecular complexity index is 1000. The summed E-state index contributed by atoms with van der Waals surface area (Å²) in [6.07, 6.45) is 0. The largest absolute Gasteiger partial charge is 0.496 e. The van der Waals surface area contributed by atoms with Crippen LogP contribution in [0.1, 0.15) is 15.9 Å². The first-order valence-electron chi connectivity index (χ1n) is 9.08. The Morgan fingerprint density at radius 2 is 1.69 bits per heavy atom. The molecule has 156 valence electrons. The first-order chi connectivity index (χ1) is 13.9. The topological polar surface area (TPSA) is 94.2 Å². The van der Waals surface area contributed by atoms with Crippen molar-refractivity contribution in [2.75, 3.05) is 45.8 Å². The predicted octanol–water partition coefficient (Wildman–Crippen LogP) is 2.29. The van der Waals surface area contributed by atoms with Crippen molar-refractivity contribution in [3.8, 4) is 11.5 Å². The first-order valence-corrected chi connectivity index (χ1v) is 10.5. The lowest BCUT2D eigenvalue weighted by Gasteiger charge is -2.26. The molecule has 1 saturated heterocycles. The molecule has 8 nitrogen and oxygen atoms in total. The normalized spacial score (nSPS) is 15.0. The number of benzene rings is 2. The van der Waals surface area contributed by atoms with Gasteiger partial charge in [0.2, 0.25) is 10.0 Å². The van der Waals surface area contributed by atoms with E-state index < -0.39 is 10.0 Å². The second-order valence-corrected chi connectivity index (χ2v) is 8.43. The molecular weight excluding hydrogens is 396 g/mol. The summed E-state index contributed by atoms with van der Waals surface area (Å²) in [7, 11) is -0.809. The van der Waals surface area contributed by atoms with E-state index in [-0.39, 0.29) is 29.6 Å². The number of hydrogen-bond donors (Lipinski definition) is 1. The van der Waals surface area contributed by atoms with Crippen LogP contribution in [-0.4, -0.2) is 59.2 Å². The minimum absolute atomic E-state index is 0.00520. The van der Waals surface area contributed by atoms with Crippen molar-refractivity contribution in [3.05, 3.63) is 47.5 Å². The van der Waals surface area contributed by atoms with E-state index in [9.17, 15) is 13.2 Å². The quantitative estimate of drug-likeness (QED) is 0.771. The first kappa shape index (κ1) is 21.1. The maximum atomic E-state index is 13.1. The van der Waals surface area contributed by atoms with Gasteiger partial charge in [0, 0.05) is 24.3 Å². The van der Waals surface area contributed by atoms with Crippen LogP contribution in [0.2, 0.25) is 0 Å². The van der Waals surface area contributed by atoms with Crippen LogP contribution in [-0.2, 0) is 14.8 Å². The number of carbonyl (C=O) groups is 1. The number of methoxy groups -OCH3 is 2. The molecule has 0 unspecified atom stereocenters. The Labute approximate surface area is 170 Å². The Hall–Kier alpha value is -2.62. The molecule has 3 rings (SSSR count). The highest BCUT2D eigenvalue weighted by molar-refractivity contribution is 7.89. The molecule has 0 radical (unpaired) electrons. The second kappa shape index (κ2) is 8.81. The van der Waals surface area contributed by atoms with Crippen LogP contribution in [0.15, 0.2) is 41.3 Å². The number of anilines is 1. The Morgan fingerprint density at radius 3 is 2.31 bits per heavy atom. The summed E-state index contributed by atoms with van der Waals surface area (Å²) < 4.78 is 43.2. The molecule has 1 aliphatic rings. The molecule has 2 aromatic carbocycles. The average molecular weight is 420 g/mol. The second-order valence-electron chi connectivity index (χ2n) is 6.52. The number of carbonyl (C=O) groups excluding carboxylic acids is 1. The summed E-state index contributed by atoms with van der Waals surface area (Å²) in [6, 6.07) is 9.62. The Morgan fingerprint density at radius 1 is 1.03 bits per heavy atom. The van der Waals surface area contributed by atoms with Gasteiger partial charge >= 0.3 is 0 Å². The third kappa shape index (κ3) is 4.52. The van der Waals surface area contributed by atoms with Crippen molar-refractivity contribution >= 4 is 21.6 Å². The van der Waals surface area contributed by atoms with Crippen LogP contribution in [0, 0.1) is 6.92 Å². The fourth-order valence-corrected chi connectivity index (χ4v) is 4.69. The predicted molar refractivity (Wildman–Crippen MR) is 108 cm³/mol. The van der Waals surface area contributed by atoms with E-state index in [2.05, 4.69) is 5.32 Å². The Kier molecular flexibility index (Phi) is 6.41. The van der Waals surface area contributed by atoms with Crippen molar-refractivity contribution in [3.63, 3.8) is 0 Å². The molecule has 1 aliphatic heterocycles. The van der Waals surface area contributed by atoms with E-state index in [0.717, 1.165) is 5.56 Å². The SMILES string of the molecule is COc1ccc(C(=O)Nc2ccc(OC)c(S(=O)(=O)N3CCOCC3)c2)cc1C. The molecule has 29 heavy (non-hydrogen) atoms. The number of amides is 1. The minimum atomic E-state index is -3.78. The molecule has 0 atom stereocenters. The monoisotopic (exact) mass is 420 g/mol. The highest BCUT2D eigenvalue weighted by atomic mass is 32.2. The summed E-state index contributed by atoms with van der Waals surface area (Å²) >= 11 is 0. The summed E-state index contributed by atoms with van der Waals surface area (Å²) in [5, 5.41) is 2.75. The van der Waals surface area contributed by atoms with Gasteiger partial charge < -0.3 is 19.5 Å². The van der Waals surface area contributed by atoms with Crippen LogP contribution in [0.4, 0.5) is 5.69 Å². The molecule has 1 fully saturated rings. The number of nitrogens with one attached hydrogen (secondary N) is 1. The van der Waals surface area contributed by atoms with Gasteiger partial charge in [-0.25, -0.2) is 8.42 Å². The average Bonchev–Trinajstić information content (AvgIpc) is 2.74. The van der Waals surface area contributed by atoms with E-state index in [4.69, 9.17) is 14.2 Å². The third-order valence-electron chi connectivity index (χ3n) is 4.67. The highest BCUT2D eigenvalue weighted by Gasteiger charge is 2.29. The summed E-state index contributed by atoms with van der Waals surface area (Å²) in [5.41, 5.74) is 1.62. The van der Waals surface area contributed by atoms with Crippen molar-refractivity contribution in [2.24, 2.45) is 0 Å². The van der Waals surface area contributed by atoms with E-state index in [0.29, 0.717) is 30.2 Å².